The summed E-state index contributed by atoms with van der Waals surface area (Å²) in [5.41, 5.74) is 2.91. The summed E-state index contributed by atoms with van der Waals surface area (Å²) >= 11 is 0. The van der Waals surface area contributed by atoms with Crippen molar-refractivity contribution in [2.24, 2.45) is 0 Å². The number of hydrogen-bond donors (Lipinski definition) is 1. The second kappa shape index (κ2) is 6.16. The van der Waals surface area contributed by atoms with E-state index in [2.05, 4.69) is 20.5 Å². The largest absolute Gasteiger partial charge is 0.408 e. The number of amides is 1. The zero-order valence-corrected chi connectivity index (χ0v) is 13.4. The van der Waals surface area contributed by atoms with Crippen LogP contribution in [0.5, 0.6) is 0 Å². The van der Waals surface area contributed by atoms with Crippen molar-refractivity contribution < 1.29 is 9.21 Å². The number of nitrogens with zero attached hydrogens (tertiary/aromatic N) is 3. The van der Waals surface area contributed by atoms with Gasteiger partial charge in [-0.1, -0.05) is 53.6 Å². The Morgan fingerprint density at radius 2 is 1.76 bits per heavy atom. The lowest BCUT2D eigenvalue weighted by molar-refractivity contribution is 0.102. The molecule has 0 bridgehead atoms. The molecule has 0 radical (unpaired) electrons. The van der Waals surface area contributed by atoms with Crippen molar-refractivity contribution in [1.82, 2.24) is 15.2 Å². The van der Waals surface area contributed by atoms with Crippen LogP contribution in [-0.2, 0) is 0 Å². The number of carbonyl (C=O) groups excluding carboxylic acids is 1. The quantitative estimate of drug-likeness (QED) is 0.617. The molecule has 0 aliphatic carbocycles. The number of anilines is 1. The standard InChI is InChI=1S/C19H14N4O2/c1-12-22-23-19(25-12)21-18(24)15-11-17(13-7-3-2-4-8-13)20-16-10-6-5-9-14(15)16/h2-11H,1H3,(H,21,23,24). The summed E-state index contributed by atoms with van der Waals surface area (Å²) in [5.74, 6) is 0.0688. The predicted molar refractivity (Wildman–Crippen MR) is 94.2 cm³/mol. The van der Waals surface area contributed by atoms with Gasteiger partial charge in [-0.05, 0) is 12.1 Å². The predicted octanol–water partition coefficient (Wildman–Crippen LogP) is 3.85. The Kier molecular flexibility index (Phi) is 3.70. The monoisotopic (exact) mass is 330 g/mol. The number of fused-ring (bicyclic) bond motifs is 1. The maximum Gasteiger partial charge on any atom is 0.322 e. The number of hydrogen-bond acceptors (Lipinski definition) is 5. The Morgan fingerprint density at radius 1 is 1.00 bits per heavy atom. The van der Waals surface area contributed by atoms with Gasteiger partial charge in [0.15, 0.2) is 0 Å². The molecule has 2 aromatic heterocycles. The van der Waals surface area contributed by atoms with E-state index in [9.17, 15) is 4.79 Å². The second-order valence-electron chi connectivity index (χ2n) is 5.52. The van der Waals surface area contributed by atoms with Gasteiger partial charge in [-0.2, -0.15) is 0 Å². The second-order valence-corrected chi connectivity index (χ2v) is 5.52. The van der Waals surface area contributed by atoms with Crippen LogP contribution in [0.15, 0.2) is 65.1 Å². The number of nitrogens with one attached hydrogen (secondary N) is 1. The first-order chi connectivity index (χ1) is 12.2. The van der Waals surface area contributed by atoms with Gasteiger partial charge in [0.05, 0.1) is 16.8 Å². The summed E-state index contributed by atoms with van der Waals surface area (Å²) in [5, 5.41) is 10.9. The molecule has 4 rings (SSSR count). The van der Waals surface area contributed by atoms with E-state index in [1.165, 1.54) is 0 Å². The zero-order valence-electron chi connectivity index (χ0n) is 13.4. The van der Waals surface area contributed by atoms with Crippen molar-refractivity contribution in [3.63, 3.8) is 0 Å². The molecule has 25 heavy (non-hydrogen) atoms. The molecule has 6 heteroatoms. The third kappa shape index (κ3) is 2.97. The SMILES string of the molecule is Cc1nnc(NC(=O)c2cc(-c3ccccc3)nc3ccccc23)o1. The van der Waals surface area contributed by atoms with E-state index in [-0.39, 0.29) is 11.9 Å². The maximum absolute atomic E-state index is 12.8. The summed E-state index contributed by atoms with van der Waals surface area (Å²) in [6, 6.07) is 19.1. The van der Waals surface area contributed by atoms with Crippen LogP contribution >= 0.6 is 0 Å². The van der Waals surface area contributed by atoms with E-state index in [0.717, 1.165) is 22.2 Å². The van der Waals surface area contributed by atoms with Crippen molar-refractivity contribution in [2.75, 3.05) is 5.32 Å². The van der Waals surface area contributed by atoms with Crippen molar-refractivity contribution in [2.45, 2.75) is 6.92 Å². The van der Waals surface area contributed by atoms with E-state index in [0.29, 0.717) is 11.5 Å². The van der Waals surface area contributed by atoms with Gasteiger partial charge >= 0.3 is 6.01 Å². The van der Waals surface area contributed by atoms with Crippen LogP contribution in [0, 0.1) is 6.92 Å². The fourth-order valence-electron chi connectivity index (χ4n) is 2.63. The van der Waals surface area contributed by atoms with Crippen LogP contribution in [0.25, 0.3) is 22.2 Å². The Labute approximate surface area is 143 Å². The van der Waals surface area contributed by atoms with E-state index < -0.39 is 0 Å². The maximum atomic E-state index is 12.8. The molecule has 0 saturated heterocycles. The fourth-order valence-corrected chi connectivity index (χ4v) is 2.63. The van der Waals surface area contributed by atoms with E-state index in [1.54, 1.807) is 13.0 Å². The lowest BCUT2D eigenvalue weighted by Gasteiger charge is -2.09. The Morgan fingerprint density at radius 3 is 2.52 bits per heavy atom. The number of rotatable bonds is 3. The third-order valence-corrected chi connectivity index (χ3v) is 3.78. The summed E-state index contributed by atoms with van der Waals surface area (Å²) in [6.07, 6.45) is 0. The highest BCUT2D eigenvalue weighted by Crippen LogP contribution is 2.25. The minimum Gasteiger partial charge on any atom is -0.408 e. The van der Waals surface area contributed by atoms with Crippen molar-refractivity contribution in [3.05, 3.63) is 72.1 Å². The summed E-state index contributed by atoms with van der Waals surface area (Å²) < 4.78 is 5.23. The summed E-state index contributed by atoms with van der Waals surface area (Å²) in [4.78, 5) is 17.4. The van der Waals surface area contributed by atoms with Crippen LogP contribution in [0.1, 0.15) is 16.2 Å². The molecule has 0 saturated carbocycles. The first-order valence-electron chi connectivity index (χ1n) is 7.77. The molecule has 1 N–H and O–H groups in total. The number of carbonyl (C=O) groups is 1. The highest BCUT2D eigenvalue weighted by molar-refractivity contribution is 6.12. The van der Waals surface area contributed by atoms with Crippen molar-refractivity contribution in [3.8, 4) is 11.3 Å². The topological polar surface area (TPSA) is 80.9 Å². The smallest absolute Gasteiger partial charge is 0.322 e. The molecule has 0 aliphatic heterocycles. The van der Waals surface area contributed by atoms with Gasteiger partial charge in [-0.15, -0.1) is 5.10 Å². The van der Waals surface area contributed by atoms with Crippen LogP contribution in [-0.4, -0.2) is 21.1 Å². The van der Waals surface area contributed by atoms with E-state index in [4.69, 9.17) is 4.42 Å². The summed E-state index contributed by atoms with van der Waals surface area (Å²) in [7, 11) is 0. The third-order valence-electron chi connectivity index (χ3n) is 3.78. The Bertz CT molecular complexity index is 1060. The average Bonchev–Trinajstić information content (AvgIpc) is 3.06. The number of aromatic nitrogens is 3. The molecule has 4 aromatic rings. The lowest BCUT2D eigenvalue weighted by Crippen LogP contribution is -2.13. The van der Waals surface area contributed by atoms with Gasteiger partial charge in [0.1, 0.15) is 0 Å². The highest BCUT2D eigenvalue weighted by atomic mass is 16.4. The van der Waals surface area contributed by atoms with Gasteiger partial charge in [0.2, 0.25) is 5.89 Å². The first-order valence-corrected chi connectivity index (χ1v) is 7.77. The molecule has 0 atom stereocenters. The molecule has 1 amide bonds. The molecule has 122 valence electrons. The molecule has 6 nitrogen and oxygen atoms in total. The first kappa shape index (κ1) is 15.0. The number of aryl methyl sites for hydroxylation is 1. The molecule has 2 heterocycles. The normalized spacial score (nSPS) is 10.8. The molecule has 0 aliphatic rings. The molecule has 0 fully saturated rings. The zero-order chi connectivity index (χ0) is 17.2. The molecule has 2 aromatic carbocycles. The molecular formula is C19H14N4O2. The van der Waals surface area contributed by atoms with Crippen LogP contribution < -0.4 is 5.32 Å². The summed E-state index contributed by atoms with van der Waals surface area (Å²) in [6.45, 7) is 1.66. The minimum atomic E-state index is -0.320. The fraction of sp³-hybridized carbons (Fsp3) is 0.0526. The van der Waals surface area contributed by atoms with Crippen molar-refractivity contribution in [1.29, 1.82) is 0 Å². The Balaban J connectivity index is 1.82. The Hall–Kier alpha value is -3.54. The van der Waals surface area contributed by atoms with Crippen LogP contribution in [0.2, 0.25) is 0 Å². The molecule has 0 unspecified atom stereocenters. The van der Waals surface area contributed by atoms with Gasteiger partial charge in [0, 0.05) is 17.9 Å². The van der Waals surface area contributed by atoms with Gasteiger partial charge in [-0.25, -0.2) is 4.98 Å². The van der Waals surface area contributed by atoms with Crippen LogP contribution in [0.4, 0.5) is 6.01 Å². The molecule has 0 spiro atoms. The number of pyridine rings is 1. The number of benzene rings is 2. The minimum absolute atomic E-state index is 0.0738. The van der Waals surface area contributed by atoms with Gasteiger partial charge in [-0.3, -0.25) is 10.1 Å². The number of para-hydroxylation sites is 1. The molecular weight excluding hydrogens is 316 g/mol. The van der Waals surface area contributed by atoms with Gasteiger partial charge < -0.3 is 4.42 Å². The van der Waals surface area contributed by atoms with E-state index in [1.807, 2.05) is 54.6 Å². The van der Waals surface area contributed by atoms with E-state index >= 15 is 0 Å². The van der Waals surface area contributed by atoms with Crippen molar-refractivity contribution >= 4 is 22.8 Å². The lowest BCUT2D eigenvalue weighted by atomic mass is 10.0. The van der Waals surface area contributed by atoms with Gasteiger partial charge in [0.25, 0.3) is 5.91 Å². The van der Waals surface area contributed by atoms with Crippen LogP contribution in [0.3, 0.4) is 0 Å². The average molecular weight is 330 g/mol. The highest BCUT2D eigenvalue weighted by Gasteiger charge is 2.16.